The summed E-state index contributed by atoms with van der Waals surface area (Å²) in [5, 5.41) is 15.1. The predicted molar refractivity (Wildman–Crippen MR) is 103 cm³/mol. The molecule has 2 N–H and O–H groups in total. The van der Waals surface area contributed by atoms with Gasteiger partial charge in [-0.25, -0.2) is 4.79 Å². The van der Waals surface area contributed by atoms with Crippen LogP contribution in [0.3, 0.4) is 0 Å². The number of urea groups is 1. The normalized spacial score (nSPS) is 17.8. The Labute approximate surface area is 163 Å². The smallest absolute Gasteiger partial charge is 0.319 e. The van der Waals surface area contributed by atoms with E-state index in [0.717, 1.165) is 23.2 Å². The number of benzene rings is 1. The van der Waals surface area contributed by atoms with E-state index in [2.05, 4.69) is 21.7 Å². The van der Waals surface area contributed by atoms with Crippen LogP contribution in [0.1, 0.15) is 35.2 Å². The van der Waals surface area contributed by atoms with Gasteiger partial charge in [0.05, 0.1) is 42.3 Å². The largest absolute Gasteiger partial charge is 0.381 e. The van der Waals surface area contributed by atoms with Crippen molar-refractivity contribution in [1.29, 1.82) is 5.26 Å². The van der Waals surface area contributed by atoms with Crippen LogP contribution in [0.2, 0.25) is 0 Å². The molecular formula is C21H22N4O3. The zero-order chi connectivity index (χ0) is 19.4. The van der Waals surface area contributed by atoms with Crippen molar-refractivity contribution in [3.8, 4) is 6.07 Å². The van der Waals surface area contributed by atoms with Crippen LogP contribution in [-0.2, 0) is 28.0 Å². The molecule has 4 rings (SSSR count). The van der Waals surface area contributed by atoms with Gasteiger partial charge in [-0.2, -0.15) is 5.26 Å². The highest BCUT2D eigenvalue weighted by Crippen LogP contribution is 2.32. The van der Waals surface area contributed by atoms with Gasteiger partial charge in [0.1, 0.15) is 0 Å². The second-order valence-electron chi connectivity index (χ2n) is 7.10. The molecule has 1 aromatic carbocycles. The van der Waals surface area contributed by atoms with Gasteiger partial charge in [0, 0.05) is 30.9 Å². The first-order chi connectivity index (χ1) is 13.7. The van der Waals surface area contributed by atoms with Gasteiger partial charge in [-0.1, -0.05) is 12.1 Å². The minimum absolute atomic E-state index is 0.287. The molecule has 1 fully saturated rings. The van der Waals surface area contributed by atoms with Crippen LogP contribution in [0.25, 0.3) is 0 Å². The molecule has 1 saturated heterocycles. The number of nitrogens with zero attached hydrogens (tertiary/aromatic N) is 2. The molecule has 1 aromatic heterocycles. The van der Waals surface area contributed by atoms with E-state index in [4.69, 9.17) is 14.7 Å². The molecule has 144 valence electrons. The SMILES string of the molecule is N#Cc1ccc(C2(NC(=O)Nc3cnc4c(c3)COCC4)CCOCC2)cc1. The van der Waals surface area contributed by atoms with Crippen molar-refractivity contribution in [1.82, 2.24) is 10.3 Å². The first-order valence-corrected chi connectivity index (χ1v) is 9.42. The number of hydrogen-bond acceptors (Lipinski definition) is 5. The van der Waals surface area contributed by atoms with Crippen molar-refractivity contribution in [2.45, 2.75) is 31.4 Å². The number of amides is 2. The van der Waals surface area contributed by atoms with E-state index in [1.54, 1.807) is 18.3 Å². The monoisotopic (exact) mass is 378 g/mol. The fourth-order valence-electron chi connectivity index (χ4n) is 3.76. The molecule has 0 saturated carbocycles. The maximum Gasteiger partial charge on any atom is 0.319 e. The van der Waals surface area contributed by atoms with Crippen molar-refractivity contribution in [2.24, 2.45) is 0 Å². The molecule has 2 aromatic rings. The first-order valence-electron chi connectivity index (χ1n) is 9.42. The average Bonchev–Trinajstić information content (AvgIpc) is 2.74. The topological polar surface area (TPSA) is 96.3 Å². The minimum Gasteiger partial charge on any atom is -0.381 e. The molecule has 2 amide bonds. The number of ether oxygens (including phenoxy) is 2. The highest BCUT2D eigenvalue weighted by molar-refractivity contribution is 5.89. The molecule has 28 heavy (non-hydrogen) atoms. The van der Waals surface area contributed by atoms with E-state index >= 15 is 0 Å². The van der Waals surface area contributed by atoms with E-state index in [1.807, 2.05) is 18.2 Å². The van der Waals surface area contributed by atoms with Crippen molar-refractivity contribution in [2.75, 3.05) is 25.1 Å². The molecule has 2 aliphatic rings. The lowest BCUT2D eigenvalue weighted by molar-refractivity contribution is 0.0418. The molecule has 3 heterocycles. The van der Waals surface area contributed by atoms with Gasteiger partial charge in [-0.15, -0.1) is 0 Å². The molecule has 0 bridgehead atoms. The van der Waals surface area contributed by atoms with Gasteiger partial charge >= 0.3 is 6.03 Å². The molecule has 0 aliphatic carbocycles. The average molecular weight is 378 g/mol. The number of hydrogen-bond donors (Lipinski definition) is 2. The van der Waals surface area contributed by atoms with Crippen molar-refractivity contribution >= 4 is 11.7 Å². The zero-order valence-corrected chi connectivity index (χ0v) is 15.5. The van der Waals surface area contributed by atoms with Gasteiger partial charge < -0.3 is 20.1 Å². The number of carbonyl (C=O) groups is 1. The second-order valence-corrected chi connectivity index (χ2v) is 7.10. The lowest BCUT2D eigenvalue weighted by Crippen LogP contribution is -2.50. The molecular weight excluding hydrogens is 356 g/mol. The van der Waals surface area contributed by atoms with Crippen LogP contribution in [-0.4, -0.2) is 30.8 Å². The quantitative estimate of drug-likeness (QED) is 0.856. The molecule has 2 aliphatic heterocycles. The van der Waals surface area contributed by atoms with Crippen LogP contribution in [0.4, 0.5) is 10.5 Å². The zero-order valence-electron chi connectivity index (χ0n) is 15.5. The Balaban J connectivity index is 1.52. The fourth-order valence-corrected chi connectivity index (χ4v) is 3.76. The number of anilines is 1. The molecule has 0 radical (unpaired) electrons. The van der Waals surface area contributed by atoms with Gasteiger partial charge in [-0.05, 0) is 36.6 Å². The van der Waals surface area contributed by atoms with Gasteiger partial charge in [-0.3, -0.25) is 4.98 Å². The third kappa shape index (κ3) is 3.84. The van der Waals surface area contributed by atoms with Crippen LogP contribution in [0, 0.1) is 11.3 Å². The Morgan fingerprint density at radius 2 is 1.93 bits per heavy atom. The number of pyridine rings is 1. The Morgan fingerprint density at radius 1 is 1.14 bits per heavy atom. The maximum absolute atomic E-state index is 12.8. The summed E-state index contributed by atoms with van der Waals surface area (Å²) in [4.78, 5) is 17.2. The molecule has 7 nitrogen and oxygen atoms in total. The van der Waals surface area contributed by atoms with Crippen LogP contribution in [0.5, 0.6) is 0 Å². The number of carbonyl (C=O) groups excluding carboxylic acids is 1. The summed E-state index contributed by atoms with van der Waals surface area (Å²) in [6.45, 7) is 2.34. The van der Waals surface area contributed by atoms with Crippen molar-refractivity contribution < 1.29 is 14.3 Å². The predicted octanol–water partition coefficient (Wildman–Crippen LogP) is 2.85. The second kappa shape index (κ2) is 7.97. The van der Waals surface area contributed by atoms with E-state index in [-0.39, 0.29) is 6.03 Å². The standard InChI is InChI=1S/C21H22N4O3/c22-12-15-1-3-17(4-2-15)21(6-9-27-10-7-21)25-20(26)24-18-11-16-14-28-8-5-19(16)23-13-18/h1-4,11,13H,5-10,14H2,(H2,24,25,26). The van der Waals surface area contributed by atoms with Crippen LogP contribution >= 0.6 is 0 Å². The van der Waals surface area contributed by atoms with Crippen molar-refractivity contribution in [3.05, 3.63) is 58.9 Å². The summed E-state index contributed by atoms with van der Waals surface area (Å²) in [5.74, 6) is 0. The first kappa shape index (κ1) is 18.4. The highest BCUT2D eigenvalue weighted by atomic mass is 16.5. The summed E-state index contributed by atoms with van der Waals surface area (Å²) < 4.78 is 11.0. The van der Waals surface area contributed by atoms with Gasteiger partial charge in [0.25, 0.3) is 0 Å². The lowest BCUT2D eigenvalue weighted by Gasteiger charge is -2.38. The highest BCUT2D eigenvalue weighted by Gasteiger charge is 2.36. The van der Waals surface area contributed by atoms with Gasteiger partial charge in [0.2, 0.25) is 0 Å². The summed E-state index contributed by atoms with van der Waals surface area (Å²) in [6, 6.07) is 11.1. The lowest BCUT2D eigenvalue weighted by atomic mass is 9.82. The summed E-state index contributed by atoms with van der Waals surface area (Å²) in [5.41, 5.74) is 3.72. The summed E-state index contributed by atoms with van der Waals surface area (Å²) in [6.07, 6.45) is 3.82. The molecule has 0 atom stereocenters. The number of nitriles is 1. The third-order valence-electron chi connectivity index (χ3n) is 5.32. The number of fused-ring (bicyclic) bond motifs is 1. The van der Waals surface area contributed by atoms with Crippen LogP contribution < -0.4 is 10.6 Å². The summed E-state index contributed by atoms with van der Waals surface area (Å²) in [7, 11) is 0. The number of aromatic nitrogens is 1. The fraction of sp³-hybridized carbons (Fsp3) is 0.381. The summed E-state index contributed by atoms with van der Waals surface area (Å²) >= 11 is 0. The molecule has 0 spiro atoms. The molecule has 0 unspecified atom stereocenters. The number of rotatable bonds is 3. The van der Waals surface area contributed by atoms with Crippen molar-refractivity contribution in [3.63, 3.8) is 0 Å². The van der Waals surface area contributed by atoms with E-state index in [9.17, 15) is 4.79 Å². The Hall–Kier alpha value is -2.95. The third-order valence-corrected chi connectivity index (χ3v) is 5.32. The van der Waals surface area contributed by atoms with Gasteiger partial charge in [0.15, 0.2) is 0 Å². The van der Waals surface area contributed by atoms with Crippen LogP contribution in [0.15, 0.2) is 36.5 Å². The van der Waals surface area contributed by atoms with E-state index in [1.165, 1.54) is 0 Å². The Kier molecular flexibility index (Phi) is 5.24. The maximum atomic E-state index is 12.8. The van der Waals surface area contributed by atoms with E-state index in [0.29, 0.717) is 50.5 Å². The minimum atomic E-state index is -0.527. The number of nitrogens with one attached hydrogen (secondary N) is 2. The van der Waals surface area contributed by atoms with E-state index < -0.39 is 5.54 Å². The Morgan fingerprint density at radius 3 is 2.68 bits per heavy atom. The molecule has 7 heteroatoms. The Bertz CT molecular complexity index is 899.